The number of benzene rings is 1. The Hall–Kier alpha value is -1.19. The highest BCUT2D eigenvalue weighted by Gasteiger charge is 2.01. The van der Waals surface area contributed by atoms with Gasteiger partial charge in [0.2, 0.25) is 0 Å². The van der Waals surface area contributed by atoms with E-state index in [0.717, 1.165) is 12.3 Å². The van der Waals surface area contributed by atoms with Crippen LogP contribution in [-0.4, -0.2) is 10.3 Å². The molecule has 1 atom stereocenters. The second-order valence-electron chi connectivity index (χ2n) is 4.13. The number of hydrogen-bond donors (Lipinski definition) is 1. The van der Waals surface area contributed by atoms with E-state index in [1.807, 2.05) is 24.8 Å². The molecule has 0 saturated carbocycles. The van der Waals surface area contributed by atoms with Crippen molar-refractivity contribution in [3.05, 3.63) is 54.4 Å². The molecule has 2 nitrogen and oxygen atoms in total. The molecule has 2 N–H and O–H groups in total. The van der Waals surface area contributed by atoms with Gasteiger partial charge in [-0.2, -0.15) is 0 Å². The predicted octanol–water partition coefficient (Wildman–Crippen LogP) is 3.30. The molecular weight excluding hydrogens is 228 g/mol. The number of aromatic nitrogens is 1. The fourth-order valence-corrected chi connectivity index (χ4v) is 2.54. The van der Waals surface area contributed by atoms with Crippen LogP contribution in [0.1, 0.15) is 18.5 Å². The summed E-state index contributed by atoms with van der Waals surface area (Å²) in [5.41, 5.74) is 7.03. The van der Waals surface area contributed by atoms with Crippen LogP contribution in [0.4, 0.5) is 0 Å². The molecule has 0 fully saturated rings. The van der Waals surface area contributed by atoms with Gasteiger partial charge in [0.05, 0.1) is 0 Å². The van der Waals surface area contributed by atoms with Crippen LogP contribution in [0.3, 0.4) is 0 Å². The van der Waals surface area contributed by atoms with Crippen molar-refractivity contribution < 1.29 is 0 Å². The minimum absolute atomic E-state index is 0.123. The SMILES string of the molecule is CC(N)c1ccn(CCSc2ccccc2)c1. The van der Waals surface area contributed by atoms with Crippen LogP contribution in [0.25, 0.3) is 0 Å². The Bertz CT molecular complexity index is 448. The molecule has 90 valence electrons. The molecule has 1 aromatic heterocycles. The molecular formula is C14H18N2S. The maximum atomic E-state index is 5.83. The molecule has 0 amide bonds. The topological polar surface area (TPSA) is 30.9 Å². The summed E-state index contributed by atoms with van der Waals surface area (Å²) in [4.78, 5) is 1.33. The molecule has 1 heterocycles. The zero-order valence-corrected chi connectivity index (χ0v) is 10.9. The smallest absolute Gasteiger partial charge is 0.0314 e. The van der Waals surface area contributed by atoms with Gasteiger partial charge in [0.15, 0.2) is 0 Å². The summed E-state index contributed by atoms with van der Waals surface area (Å²) in [5, 5.41) is 0. The van der Waals surface area contributed by atoms with Crippen LogP contribution >= 0.6 is 11.8 Å². The third-order valence-corrected chi connectivity index (χ3v) is 3.65. The van der Waals surface area contributed by atoms with E-state index in [1.165, 1.54) is 10.5 Å². The van der Waals surface area contributed by atoms with Gasteiger partial charge in [-0.1, -0.05) is 18.2 Å². The Kier molecular flexibility index (Phi) is 4.29. The normalized spacial score (nSPS) is 12.6. The van der Waals surface area contributed by atoms with Gasteiger partial charge in [-0.15, -0.1) is 11.8 Å². The molecule has 0 spiro atoms. The molecule has 0 aliphatic rings. The zero-order chi connectivity index (χ0) is 12.1. The first-order chi connectivity index (χ1) is 8.25. The summed E-state index contributed by atoms with van der Waals surface area (Å²) in [6, 6.07) is 12.7. The molecule has 3 heteroatoms. The number of nitrogens with two attached hydrogens (primary N) is 1. The standard InChI is InChI=1S/C14H18N2S/c1-12(15)13-7-8-16(11-13)9-10-17-14-5-3-2-4-6-14/h2-8,11-12H,9-10,15H2,1H3. The fraction of sp³-hybridized carbons (Fsp3) is 0.286. The lowest BCUT2D eigenvalue weighted by molar-refractivity contribution is 0.759. The van der Waals surface area contributed by atoms with E-state index < -0.39 is 0 Å². The molecule has 2 rings (SSSR count). The first-order valence-corrected chi connectivity index (χ1v) is 6.83. The number of hydrogen-bond acceptors (Lipinski definition) is 2. The van der Waals surface area contributed by atoms with Crippen molar-refractivity contribution in [1.82, 2.24) is 4.57 Å². The average molecular weight is 246 g/mol. The van der Waals surface area contributed by atoms with Crippen molar-refractivity contribution in [3.8, 4) is 0 Å². The highest BCUT2D eigenvalue weighted by molar-refractivity contribution is 7.99. The molecule has 1 aromatic carbocycles. The third kappa shape index (κ3) is 3.65. The van der Waals surface area contributed by atoms with Crippen molar-refractivity contribution in [1.29, 1.82) is 0 Å². The largest absolute Gasteiger partial charge is 0.353 e. The van der Waals surface area contributed by atoms with Crippen LogP contribution in [-0.2, 0) is 6.54 Å². The van der Waals surface area contributed by atoms with Gasteiger partial charge in [0.25, 0.3) is 0 Å². The van der Waals surface area contributed by atoms with Gasteiger partial charge in [0.1, 0.15) is 0 Å². The molecule has 0 bridgehead atoms. The van der Waals surface area contributed by atoms with E-state index in [9.17, 15) is 0 Å². The number of aryl methyl sites for hydroxylation is 1. The Morgan fingerprint density at radius 3 is 2.65 bits per heavy atom. The summed E-state index contributed by atoms with van der Waals surface area (Å²) in [5.74, 6) is 1.08. The summed E-state index contributed by atoms with van der Waals surface area (Å²) in [7, 11) is 0. The lowest BCUT2D eigenvalue weighted by Crippen LogP contribution is -2.04. The van der Waals surface area contributed by atoms with Gasteiger partial charge < -0.3 is 10.3 Å². The van der Waals surface area contributed by atoms with Gasteiger partial charge in [-0.3, -0.25) is 0 Å². The molecule has 1 unspecified atom stereocenters. The van der Waals surface area contributed by atoms with E-state index >= 15 is 0 Å². The first-order valence-electron chi connectivity index (χ1n) is 5.85. The quantitative estimate of drug-likeness (QED) is 0.821. The summed E-state index contributed by atoms with van der Waals surface area (Å²) >= 11 is 1.88. The summed E-state index contributed by atoms with van der Waals surface area (Å²) < 4.78 is 2.20. The van der Waals surface area contributed by atoms with E-state index in [0.29, 0.717) is 0 Å². The molecule has 0 aliphatic carbocycles. The second-order valence-corrected chi connectivity index (χ2v) is 5.30. The Labute approximate surface area is 107 Å². The van der Waals surface area contributed by atoms with Crippen molar-refractivity contribution in [2.45, 2.75) is 24.4 Å². The Morgan fingerprint density at radius 2 is 2.00 bits per heavy atom. The van der Waals surface area contributed by atoms with E-state index in [2.05, 4.69) is 47.3 Å². The van der Waals surface area contributed by atoms with E-state index in [1.54, 1.807) is 0 Å². The fourth-order valence-electron chi connectivity index (χ4n) is 1.65. The maximum Gasteiger partial charge on any atom is 0.0314 e. The highest BCUT2D eigenvalue weighted by Crippen LogP contribution is 2.17. The minimum Gasteiger partial charge on any atom is -0.353 e. The number of nitrogens with zero attached hydrogens (tertiary/aromatic N) is 1. The zero-order valence-electron chi connectivity index (χ0n) is 10.0. The Balaban J connectivity index is 1.82. The molecule has 17 heavy (non-hydrogen) atoms. The van der Waals surface area contributed by atoms with Crippen LogP contribution in [0.15, 0.2) is 53.7 Å². The average Bonchev–Trinajstić information content (AvgIpc) is 2.79. The monoisotopic (exact) mass is 246 g/mol. The lowest BCUT2D eigenvalue weighted by atomic mass is 10.2. The number of thioether (sulfide) groups is 1. The van der Waals surface area contributed by atoms with E-state index in [-0.39, 0.29) is 6.04 Å². The molecule has 0 saturated heterocycles. The number of rotatable bonds is 5. The van der Waals surface area contributed by atoms with E-state index in [4.69, 9.17) is 5.73 Å². The third-order valence-electron chi connectivity index (χ3n) is 2.66. The van der Waals surface area contributed by atoms with Crippen molar-refractivity contribution in [2.24, 2.45) is 5.73 Å². The molecule has 0 aliphatic heterocycles. The maximum absolute atomic E-state index is 5.83. The van der Waals surface area contributed by atoms with Crippen LogP contribution < -0.4 is 5.73 Å². The van der Waals surface area contributed by atoms with Gasteiger partial charge >= 0.3 is 0 Å². The van der Waals surface area contributed by atoms with Crippen LogP contribution in [0, 0.1) is 0 Å². The second kappa shape index (κ2) is 5.94. The van der Waals surface area contributed by atoms with Gasteiger partial charge in [-0.05, 0) is 30.7 Å². The van der Waals surface area contributed by atoms with Crippen molar-refractivity contribution >= 4 is 11.8 Å². The van der Waals surface area contributed by atoms with Gasteiger partial charge in [-0.25, -0.2) is 0 Å². The summed E-state index contributed by atoms with van der Waals surface area (Å²) in [6.07, 6.45) is 4.24. The van der Waals surface area contributed by atoms with Crippen molar-refractivity contribution in [2.75, 3.05) is 5.75 Å². The highest BCUT2D eigenvalue weighted by atomic mass is 32.2. The van der Waals surface area contributed by atoms with Crippen LogP contribution in [0.5, 0.6) is 0 Å². The first kappa shape index (κ1) is 12.3. The van der Waals surface area contributed by atoms with Crippen molar-refractivity contribution in [3.63, 3.8) is 0 Å². The molecule has 2 aromatic rings. The molecule has 0 radical (unpaired) electrons. The Morgan fingerprint density at radius 1 is 1.24 bits per heavy atom. The lowest BCUT2D eigenvalue weighted by Gasteiger charge is -2.04. The van der Waals surface area contributed by atoms with Gasteiger partial charge in [0, 0.05) is 35.6 Å². The predicted molar refractivity (Wildman–Crippen MR) is 74.2 cm³/mol. The summed E-state index contributed by atoms with van der Waals surface area (Å²) in [6.45, 7) is 3.03. The minimum atomic E-state index is 0.123. The van der Waals surface area contributed by atoms with Crippen LogP contribution in [0.2, 0.25) is 0 Å².